The summed E-state index contributed by atoms with van der Waals surface area (Å²) in [6.07, 6.45) is 3.26. The van der Waals surface area contributed by atoms with Crippen molar-refractivity contribution in [3.05, 3.63) is 47.5 Å². The van der Waals surface area contributed by atoms with E-state index in [1.165, 1.54) is 11.6 Å². The molecular formula is C12H15NO. The molecule has 0 aromatic heterocycles. The third kappa shape index (κ3) is 3.05. The quantitative estimate of drug-likeness (QED) is 0.725. The van der Waals surface area contributed by atoms with Gasteiger partial charge in [-0.1, -0.05) is 30.3 Å². The fourth-order valence-electron chi connectivity index (χ4n) is 1.20. The maximum absolute atomic E-state index is 11.1. The van der Waals surface area contributed by atoms with E-state index in [4.69, 9.17) is 0 Å². The topological polar surface area (TPSA) is 29.1 Å². The van der Waals surface area contributed by atoms with Crippen LogP contribution in [-0.4, -0.2) is 5.91 Å². The Morgan fingerprint density at radius 3 is 2.79 bits per heavy atom. The van der Waals surface area contributed by atoms with E-state index in [1.807, 2.05) is 38.1 Å². The van der Waals surface area contributed by atoms with Gasteiger partial charge in [-0.05, 0) is 31.1 Å². The first-order valence-electron chi connectivity index (χ1n) is 4.69. The van der Waals surface area contributed by atoms with Gasteiger partial charge in [-0.2, -0.15) is 0 Å². The molecule has 0 aliphatic rings. The Morgan fingerprint density at radius 1 is 1.43 bits per heavy atom. The number of nitrogens with one attached hydrogen (secondary N) is 1. The normalized spacial score (nSPS) is 10.4. The summed E-state index contributed by atoms with van der Waals surface area (Å²) in [4.78, 5) is 11.1. The molecule has 0 radical (unpaired) electrons. The molecule has 0 saturated heterocycles. The minimum Gasteiger partial charge on any atom is -0.348 e. The molecule has 2 heteroatoms. The van der Waals surface area contributed by atoms with Crippen LogP contribution in [0.2, 0.25) is 0 Å². The fourth-order valence-corrected chi connectivity index (χ4v) is 1.20. The number of carbonyl (C=O) groups is 1. The molecule has 1 aromatic rings. The molecule has 1 aromatic carbocycles. The predicted molar refractivity (Wildman–Crippen MR) is 57.8 cm³/mol. The Bertz CT molecular complexity index is 342. The van der Waals surface area contributed by atoms with E-state index in [-0.39, 0.29) is 5.91 Å². The van der Waals surface area contributed by atoms with E-state index >= 15 is 0 Å². The van der Waals surface area contributed by atoms with Gasteiger partial charge in [-0.3, -0.25) is 4.79 Å². The summed E-state index contributed by atoms with van der Waals surface area (Å²) < 4.78 is 0. The molecule has 1 amide bonds. The summed E-state index contributed by atoms with van der Waals surface area (Å²) in [6.45, 7) is 4.46. The van der Waals surface area contributed by atoms with Crippen LogP contribution in [0.4, 0.5) is 0 Å². The lowest BCUT2D eigenvalue weighted by Gasteiger charge is -2.05. The maximum atomic E-state index is 11.1. The number of benzene rings is 1. The molecule has 0 fully saturated rings. The molecule has 0 heterocycles. The van der Waals surface area contributed by atoms with E-state index in [0.29, 0.717) is 6.54 Å². The van der Waals surface area contributed by atoms with Crippen molar-refractivity contribution < 1.29 is 4.79 Å². The summed E-state index contributed by atoms with van der Waals surface area (Å²) >= 11 is 0. The zero-order valence-electron chi connectivity index (χ0n) is 8.58. The summed E-state index contributed by atoms with van der Waals surface area (Å²) in [5, 5.41) is 2.81. The van der Waals surface area contributed by atoms with Crippen molar-refractivity contribution in [2.24, 2.45) is 0 Å². The summed E-state index contributed by atoms with van der Waals surface area (Å²) in [7, 11) is 0. The number of hydrogen-bond acceptors (Lipinski definition) is 1. The third-order valence-electron chi connectivity index (χ3n) is 2.03. The van der Waals surface area contributed by atoms with Crippen molar-refractivity contribution in [3.63, 3.8) is 0 Å². The largest absolute Gasteiger partial charge is 0.348 e. The summed E-state index contributed by atoms with van der Waals surface area (Å²) in [6, 6.07) is 8.03. The maximum Gasteiger partial charge on any atom is 0.243 e. The van der Waals surface area contributed by atoms with Gasteiger partial charge in [0.25, 0.3) is 0 Å². The molecule has 74 valence electrons. The lowest BCUT2D eigenvalue weighted by atomic mass is 10.1. The molecule has 1 N–H and O–H groups in total. The SMILES string of the molecule is CC=CC(=O)NCc1ccccc1C. The number of amides is 1. The second-order valence-electron chi connectivity index (χ2n) is 3.14. The molecule has 0 aliphatic heterocycles. The Balaban J connectivity index is 2.54. The molecule has 0 saturated carbocycles. The van der Waals surface area contributed by atoms with Gasteiger partial charge < -0.3 is 5.32 Å². The average Bonchev–Trinajstić information content (AvgIpc) is 2.17. The van der Waals surface area contributed by atoms with Crippen molar-refractivity contribution in [3.8, 4) is 0 Å². The Kier molecular flexibility index (Phi) is 3.92. The number of carbonyl (C=O) groups excluding carboxylic acids is 1. The lowest BCUT2D eigenvalue weighted by molar-refractivity contribution is -0.116. The van der Waals surface area contributed by atoms with E-state index in [0.717, 1.165) is 5.56 Å². The summed E-state index contributed by atoms with van der Waals surface area (Å²) in [5.74, 6) is -0.0456. The van der Waals surface area contributed by atoms with E-state index in [9.17, 15) is 4.79 Å². The first-order chi connectivity index (χ1) is 6.74. The second-order valence-corrected chi connectivity index (χ2v) is 3.14. The first kappa shape index (κ1) is 10.5. The standard InChI is InChI=1S/C12H15NO/c1-3-6-12(14)13-9-11-8-5-4-7-10(11)2/h3-8H,9H2,1-2H3,(H,13,14). The molecule has 0 spiro atoms. The molecule has 0 aliphatic carbocycles. The molecule has 0 unspecified atom stereocenters. The van der Waals surface area contributed by atoms with Gasteiger partial charge in [0.1, 0.15) is 0 Å². The zero-order chi connectivity index (χ0) is 10.4. The highest BCUT2D eigenvalue weighted by molar-refractivity contribution is 5.87. The molecule has 2 nitrogen and oxygen atoms in total. The Morgan fingerprint density at radius 2 is 2.14 bits per heavy atom. The van der Waals surface area contributed by atoms with Gasteiger partial charge in [0, 0.05) is 6.54 Å². The van der Waals surface area contributed by atoms with Gasteiger partial charge in [0.05, 0.1) is 0 Å². The smallest absolute Gasteiger partial charge is 0.243 e. The Hall–Kier alpha value is -1.57. The second kappa shape index (κ2) is 5.22. The van der Waals surface area contributed by atoms with Crippen LogP contribution < -0.4 is 5.32 Å². The summed E-state index contributed by atoms with van der Waals surface area (Å²) in [5.41, 5.74) is 2.36. The van der Waals surface area contributed by atoms with Crippen molar-refractivity contribution in [1.82, 2.24) is 5.32 Å². The minimum atomic E-state index is -0.0456. The number of aryl methyl sites for hydroxylation is 1. The molecule has 0 atom stereocenters. The van der Waals surface area contributed by atoms with E-state index in [1.54, 1.807) is 6.08 Å². The van der Waals surface area contributed by atoms with Crippen LogP contribution in [0.1, 0.15) is 18.1 Å². The van der Waals surface area contributed by atoms with Crippen LogP contribution >= 0.6 is 0 Å². The first-order valence-corrected chi connectivity index (χ1v) is 4.69. The number of allylic oxidation sites excluding steroid dienone is 1. The zero-order valence-corrected chi connectivity index (χ0v) is 8.58. The molecule has 1 rings (SSSR count). The van der Waals surface area contributed by atoms with Gasteiger partial charge in [-0.15, -0.1) is 0 Å². The van der Waals surface area contributed by atoms with Gasteiger partial charge in [0.2, 0.25) is 5.91 Å². The van der Waals surface area contributed by atoms with Crippen molar-refractivity contribution in [1.29, 1.82) is 0 Å². The van der Waals surface area contributed by atoms with Crippen LogP contribution in [0, 0.1) is 6.92 Å². The Labute approximate surface area is 84.6 Å². The fraction of sp³-hybridized carbons (Fsp3) is 0.250. The van der Waals surface area contributed by atoms with Gasteiger partial charge >= 0.3 is 0 Å². The number of rotatable bonds is 3. The highest BCUT2D eigenvalue weighted by Gasteiger charge is 1.98. The minimum absolute atomic E-state index is 0.0456. The molecular weight excluding hydrogens is 174 g/mol. The molecule has 14 heavy (non-hydrogen) atoms. The van der Waals surface area contributed by atoms with Crippen molar-refractivity contribution in [2.75, 3.05) is 0 Å². The van der Waals surface area contributed by atoms with Crippen molar-refractivity contribution >= 4 is 5.91 Å². The van der Waals surface area contributed by atoms with Crippen LogP contribution in [0.15, 0.2) is 36.4 Å². The highest BCUT2D eigenvalue weighted by Crippen LogP contribution is 2.05. The third-order valence-corrected chi connectivity index (χ3v) is 2.03. The highest BCUT2D eigenvalue weighted by atomic mass is 16.1. The van der Waals surface area contributed by atoms with E-state index in [2.05, 4.69) is 5.32 Å². The predicted octanol–water partition coefficient (Wildman–Crippen LogP) is 2.19. The molecule has 0 bridgehead atoms. The van der Waals surface area contributed by atoms with Crippen LogP contribution in [-0.2, 0) is 11.3 Å². The van der Waals surface area contributed by atoms with Gasteiger partial charge in [-0.25, -0.2) is 0 Å². The average molecular weight is 189 g/mol. The monoisotopic (exact) mass is 189 g/mol. The van der Waals surface area contributed by atoms with E-state index < -0.39 is 0 Å². The van der Waals surface area contributed by atoms with Crippen LogP contribution in [0.3, 0.4) is 0 Å². The number of hydrogen-bond donors (Lipinski definition) is 1. The van der Waals surface area contributed by atoms with Crippen molar-refractivity contribution in [2.45, 2.75) is 20.4 Å². The van der Waals surface area contributed by atoms with Gasteiger partial charge in [0.15, 0.2) is 0 Å². The van der Waals surface area contributed by atoms with Crippen LogP contribution in [0.25, 0.3) is 0 Å². The van der Waals surface area contributed by atoms with Crippen LogP contribution in [0.5, 0.6) is 0 Å². The lowest BCUT2D eigenvalue weighted by Crippen LogP contribution is -2.20.